The average Bonchev–Trinajstić information content (AvgIpc) is 2.43. The normalized spacial score (nSPS) is 12.6. The van der Waals surface area contributed by atoms with Crippen molar-refractivity contribution in [2.45, 2.75) is 19.9 Å². The third kappa shape index (κ3) is 3.37. The molecule has 1 aromatic rings. The van der Waals surface area contributed by atoms with Crippen LogP contribution in [0.25, 0.3) is 0 Å². The maximum Gasteiger partial charge on any atom is 0.122 e. The average molecular weight is 252 g/mol. The largest absolute Gasteiger partial charge is 0.497 e. The number of ether oxygens (including phenoxy) is 2. The first-order chi connectivity index (χ1) is 8.69. The van der Waals surface area contributed by atoms with Crippen molar-refractivity contribution < 1.29 is 9.47 Å². The van der Waals surface area contributed by atoms with Crippen LogP contribution in [0.3, 0.4) is 0 Å². The molecule has 0 saturated carbocycles. The Morgan fingerprint density at radius 3 is 1.89 bits per heavy atom. The van der Waals surface area contributed by atoms with Crippen molar-refractivity contribution in [1.29, 1.82) is 0 Å². The van der Waals surface area contributed by atoms with Crippen LogP contribution in [-0.2, 0) is 0 Å². The van der Waals surface area contributed by atoms with Gasteiger partial charge in [0.15, 0.2) is 0 Å². The lowest BCUT2D eigenvalue weighted by Crippen LogP contribution is -2.33. The SMILES string of the molecule is CCN(CC)[C@H](CN)c1cc(OC)cc(OC)c1. The fourth-order valence-electron chi connectivity index (χ4n) is 2.18. The first kappa shape index (κ1) is 14.8. The van der Waals surface area contributed by atoms with Gasteiger partial charge in [-0.2, -0.15) is 0 Å². The van der Waals surface area contributed by atoms with E-state index in [2.05, 4.69) is 18.7 Å². The lowest BCUT2D eigenvalue weighted by molar-refractivity contribution is 0.223. The number of methoxy groups -OCH3 is 2. The zero-order chi connectivity index (χ0) is 13.5. The minimum absolute atomic E-state index is 0.198. The predicted octanol–water partition coefficient (Wildman–Crippen LogP) is 2.05. The zero-order valence-corrected chi connectivity index (χ0v) is 11.8. The van der Waals surface area contributed by atoms with E-state index in [9.17, 15) is 0 Å². The Kier molecular flexibility index (Phi) is 5.95. The maximum absolute atomic E-state index is 5.92. The second kappa shape index (κ2) is 7.24. The van der Waals surface area contributed by atoms with Crippen LogP contribution in [0.15, 0.2) is 18.2 Å². The Hall–Kier alpha value is -1.26. The second-order valence-corrected chi connectivity index (χ2v) is 4.12. The summed E-state index contributed by atoms with van der Waals surface area (Å²) in [6, 6.07) is 6.12. The van der Waals surface area contributed by atoms with Crippen molar-refractivity contribution >= 4 is 0 Å². The predicted molar refractivity (Wildman–Crippen MR) is 74.3 cm³/mol. The molecule has 0 amide bonds. The van der Waals surface area contributed by atoms with Crippen molar-refractivity contribution in [1.82, 2.24) is 4.90 Å². The van der Waals surface area contributed by atoms with Crippen LogP contribution in [0.4, 0.5) is 0 Å². The highest BCUT2D eigenvalue weighted by Crippen LogP contribution is 2.28. The van der Waals surface area contributed by atoms with Gasteiger partial charge in [0.05, 0.1) is 14.2 Å². The van der Waals surface area contributed by atoms with Gasteiger partial charge in [0.1, 0.15) is 11.5 Å². The van der Waals surface area contributed by atoms with Crippen LogP contribution in [0.5, 0.6) is 11.5 Å². The van der Waals surface area contributed by atoms with E-state index < -0.39 is 0 Å². The first-order valence-corrected chi connectivity index (χ1v) is 6.37. The summed E-state index contributed by atoms with van der Waals surface area (Å²) in [5, 5.41) is 0. The number of nitrogens with two attached hydrogens (primary N) is 1. The minimum Gasteiger partial charge on any atom is -0.497 e. The van der Waals surface area contributed by atoms with Crippen LogP contribution in [0.1, 0.15) is 25.5 Å². The number of benzene rings is 1. The fraction of sp³-hybridized carbons (Fsp3) is 0.571. The molecule has 0 spiro atoms. The van der Waals surface area contributed by atoms with Gasteiger partial charge < -0.3 is 15.2 Å². The van der Waals surface area contributed by atoms with Crippen molar-refractivity contribution in [3.8, 4) is 11.5 Å². The summed E-state index contributed by atoms with van der Waals surface area (Å²) in [6.07, 6.45) is 0. The lowest BCUT2D eigenvalue weighted by Gasteiger charge is -2.29. The van der Waals surface area contributed by atoms with Crippen molar-refractivity contribution in [3.05, 3.63) is 23.8 Å². The molecule has 4 nitrogen and oxygen atoms in total. The Labute approximate surface area is 110 Å². The van der Waals surface area contributed by atoms with Gasteiger partial charge in [-0.05, 0) is 30.8 Å². The van der Waals surface area contributed by atoms with Crippen LogP contribution >= 0.6 is 0 Å². The molecule has 0 aliphatic carbocycles. The summed E-state index contributed by atoms with van der Waals surface area (Å²) in [5.74, 6) is 1.60. The quantitative estimate of drug-likeness (QED) is 0.807. The molecule has 0 fully saturated rings. The van der Waals surface area contributed by atoms with Crippen molar-refractivity contribution in [2.24, 2.45) is 5.73 Å². The zero-order valence-electron chi connectivity index (χ0n) is 11.8. The summed E-state index contributed by atoms with van der Waals surface area (Å²) in [5.41, 5.74) is 7.05. The molecule has 0 radical (unpaired) electrons. The molecular weight excluding hydrogens is 228 g/mol. The molecule has 18 heavy (non-hydrogen) atoms. The summed E-state index contributed by atoms with van der Waals surface area (Å²) in [4.78, 5) is 2.33. The number of rotatable bonds is 7. The molecule has 0 heterocycles. The summed E-state index contributed by atoms with van der Waals surface area (Å²) in [6.45, 7) is 6.81. The Morgan fingerprint density at radius 2 is 1.56 bits per heavy atom. The molecular formula is C14H24N2O2. The van der Waals surface area contributed by atoms with Crippen molar-refractivity contribution in [3.63, 3.8) is 0 Å². The number of nitrogens with zero attached hydrogens (tertiary/aromatic N) is 1. The van der Waals surface area contributed by atoms with E-state index in [0.717, 1.165) is 30.2 Å². The van der Waals surface area contributed by atoms with Crippen LogP contribution < -0.4 is 15.2 Å². The second-order valence-electron chi connectivity index (χ2n) is 4.12. The first-order valence-electron chi connectivity index (χ1n) is 6.37. The van der Waals surface area contributed by atoms with Gasteiger partial charge in [0.25, 0.3) is 0 Å². The molecule has 4 heteroatoms. The molecule has 0 saturated heterocycles. The van der Waals surface area contributed by atoms with E-state index >= 15 is 0 Å². The fourth-order valence-corrected chi connectivity index (χ4v) is 2.18. The number of hydrogen-bond donors (Lipinski definition) is 1. The van der Waals surface area contributed by atoms with Gasteiger partial charge in [-0.15, -0.1) is 0 Å². The van der Waals surface area contributed by atoms with E-state index in [1.165, 1.54) is 0 Å². The summed E-state index contributed by atoms with van der Waals surface area (Å²) < 4.78 is 10.6. The molecule has 0 bridgehead atoms. The molecule has 1 atom stereocenters. The molecule has 2 N–H and O–H groups in total. The molecule has 1 rings (SSSR count). The Bertz CT molecular complexity index is 343. The molecule has 0 aromatic heterocycles. The van der Waals surface area contributed by atoms with Gasteiger partial charge in [0, 0.05) is 18.7 Å². The van der Waals surface area contributed by atoms with Gasteiger partial charge in [-0.3, -0.25) is 4.90 Å². The number of likely N-dealkylation sites (N-methyl/N-ethyl adjacent to an activating group) is 1. The van der Waals surface area contributed by atoms with Crippen LogP contribution in [-0.4, -0.2) is 38.8 Å². The highest BCUT2D eigenvalue weighted by atomic mass is 16.5. The van der Waals surface area contributed by atoms with Crippen LogP contribution in [0, 0.1) is 0 Å². The third-order valence-corrected chi connectivity index (χ3v) is 3.23. The third-order valence-electron chi connectivity index (χ3n) is 3.23. The molecule has 102 valence electrons. The standard InChI is InChI=1S/C14H24N2O2/c1-5-16(6-2)14(10-15)11-7-12(17-3)9-13(8-11)18-4/h7-9,14H,5-6,10,15H2,1-4H3/t14-/m1/s1. The molecule has 0 aliphatic rings. The Morgan fingerprint density at radius 1 is 1.06 bits per heavy atom. The Balaban J connectivity index is 3.11. The topological polar surface area (TPSA) is 47.7 Å². The maximum atomic E-state index is 5.92. The smallest absolute Gasteiger partial charge is 0.122 e. The highest BCUT2D eigenvalue weighted by molar-refractivity contribution is 5.40. The van der Waals surface area contributed by atoms with E-state index in [4.69, 9.17) is 15.2 Å². The molecule has 0 aliphatic heterocycles. The van der Waals surface area contributed by atoms with Gasteiger partial charge in [0.2, 0.25) is 0 Å². The van der Waals surface area contributed by atoms with E-state index in [0.29, 0.717) is 6.54 Å². The van der Waals surface area contributed by atoms with E-state index in [1.54, 1.807) is 14.2 Å². The highest BCUT2D eigenvalue weighted by Gasteiger charge is 2.17. The van der Waals surface area contributed by atoms with Gasteiger partial charge in [-0.25, -0.2) is 0 Å². The van der Waals surface area contributed by atoms with E-state index in [1.807, 2.05) is 18.2 Å². The monoisotopic (exact) mass is 252 g/mol. The van der Waals surface area contributed by atoms with Crippen molar-refractivity contribution in [2.75, 3.05) is 33.9 Å². The summed E-state index contributed by atoms with van der Waals surface area (Å²) >= 11 is 0. The van der Waals surface area contributed by atoms with Gasteiger partial charge >= 0.3 is 0 Å². The van der Waals surface area contributed by atoms with E-state index in [-0.39, 0.29) is 6.04 Å². The summed E-state index contributed by atoms with van der Waals surface area (Å²) in [7, 11) is 3.32. The minimum atomic E-state index is 0.198. The molecule has 1 aromatic carbocycles. The lowest BCUT2D eigenvalue weighted by atomic mass is 10.0. The van der Waals surface area contributed by atoms with Gasteiger partial charge in [-0.1, -0.05) is 13.8 Å². The molecule has 0 unspecified atom stereocenters. The van der Waals surface area contributed by atoms with Crippen LogP contribution in [0.2, 0.25) is 0 Å². The number of hydrogen-bond acceptors (Lipinski definition) is 4.